The van der Waals surface area contributed by atoms with E-state index in [2.05, 4.69) is 55.3 Å². The van der Waals surface area contributed by atoms with Gasteiger partial charge in [0.05, 0.1) is 6.10 Å². The average Bonchev–Trinajstić information content (AvgIpc) is 3.45. The molecular weight excluding hydrogens is 683 g/mol. The Balaban J connectivity index is 0.742. The Morgan fingerprint density at radius 3 is 2.22 bits per heavy atom. The summed E-state index contributed by atoms with van der Waals surface area (Å²) in [6, 6.07) is 1.23. The molecule has 10 aliphatic rings. The van der Waals surface area contributed by atoms with Crippen molar-refractivity contribution in [1.82, 2.24) is 21.5 Å². The number of rotatable bonds is 5. The molecule has 0 aromatic carbocycles. The van der Waals surface area contributed by atoms with Crippen molar-refractivity contribution in [1.29, 1.82) is 0 Å². The van der Waals surface area contributed by atoms with E-state index in [0.717, 1.165) is 101 Å². The van der Waals surface area contributed by atoms with Gasteiger partial charge in [0, 0.05) is 40.8 Å². The van der Waals surface area contributed by atoms with E-state index in [0.29, 0.717) is 23.6 Å². The maximum Gasteiger partial charge on any atom is 0.0756 e. The van der Waals surface area contributed by atoms with Crippen LogP contribution in [0, 0.1) is 88.3 Å². The van der Waals surface area contributed by atoms with Gasteiger partial charge in [-0.25, -0.2) is 0 Å². The maximum absolute atomic E-state index is 6.94. The van der Waals surface area contributed by atoms with E-state index in [1.165, 1.54) is 122 Å². The minimum absolute atomic E-state index is 0.280. The molecule has 2 bridgehead atoms. The van der Waals surface area contributed by atoms with Gasteiger partial charge in [-0.2, -0.15) is 0 Å². The van der Waals surface area contributed by atoms with Crippen LogP contribution in [0.5, 0.6) is 0 Å². The Morgan fingerprint density at radius 2 is 1.46 bits per heavy atom. The molecule has 6 aliphatic carbocycles. The van der Waals surface area contributed by atoms with Gasteiger partial charge in [-0.3, -0.25) is 10.9 Å². The zero-order chi connectivity index (χ0) is 36.8. The summed E-state index contributed by atoms with van der Waals surface area (Å²) in [7, 11) is 0. The van der Waals surface area contributed by atoms with Gasteiger partial charge in [0.15, 0.2) is 0 Å². The smallest absolute Gasteiger partial charge is 0.0756 e. The molecule has 0 radical (unpaired) electrons. The molecule has 0 amide bonds. The van der Waals surface area contributed by atoms with Gasteiger partial charge in [0.25, 0.3) is 0 Å². The number of hydrogen-bond acceptors (Lipinski definition) is 7. The molecule has 4 aliphatic heterocycles. The molecule has 16 unspecified atom stereocenters. The van der Waals surface area contributed by atoms with E-state index in [1.54, 1.807) is 0 Å². The monoisotopic (exact) mass is 762 g/mol. The van der Waals surface area contributed by atoms with Crippen LogP contribution in [0.4, 0.5) is 0 Å². The zero-order valence-corrected chi connectivity index (χ0v) is 35.5. The predicted molar refractivity (Wildman–Crippen MR) is 223 cm³/mol. The Kier molecular flexibility index (Phi) is 10.7. The van der Waals surface area contributed by atoms with Gasteiger partial charge < -0.3 is 20.6 Å². The molecule has 6 N–H and O–H groups in total. The Hall–Kier alpha value is -0.150. The minimum atomic E-state index is 0.280. The van der Waals surface area contributed by atoms with Crippen LogP contribution in [0.3, 0.4) is 0 Å². The van der Waals surface area contributed by atoms with Gasteiger partial charge in [0.2, 0.25) is 0 Å². The van der Waals surface area contributed by atoms with Crippen LogP contribution in [-0.4, -0.2) is 55.2 Å². The van der Waals surface area contributed by atoms with Crippen molar-refractivity contribution in [2.75, 3.05) is 26.2 Å². The largest absolute Gasteiger partial charge is 0.330 e. The van der Waals surface area contributed by atoms with Gasteiger partial charge in [-0.1, -0.05) is 39.3 Å². The van der Waals surface area contributed by atoms with Crippen molar-refractivity contribution >= 4 is 12.0 Å². The van der Waals surface area contributed by atoms with Crippen LogP contribution >= 0.6 is 12.0 Å². The molecule has 54 heavy (non-hydrogen) atoms. The highest BCUT2D eigenvalue weighted by Crippen LogP contribution is 2.66. The molecule has 5 saturated carbocycles. The van der Waals surface area contributed by atoms with E-state index >= 15 is 0 Å². The minimum Gasteiger partial charge on any atom is -0.330 e. The summed E-state index contributed by atoms with van der Waals surface area (Å²) in [5.41, 5.74) is 16.6. The summed E-state index contributed by atoms with van der Waals surface area (Å²) in [6.45, 7) is 14.9. The van der Waals surface area contributed by atoms with E-state index in [1.807, 2.05) is 17.6 Å². The Labute approximate surface area is 334 Å². The number of nitrogens with one attached hydrogen (secondary N) is 4. The van der Waals surface area contributed by atoms with Crippen LogP contribution in [0.15, 0.2) is 11.6 Å². The third-order valence-corrected chi connectivity index (χ3v) is 20.9. The molecule has 6 nitrogen and oxygen atoms in total. The number of piperidine rings is 2. The quantitative estimate of drug-likeness (QED) is 0.142. The normalized spacial score (nSPS) is 56.1. The van der Waals surface area contributed by atoms with Crippen molar-refractivity contribution in [2.24, 2.45) is 94.0 Å². The second-order valence-corrected chi connectivity index (χ2v) is 23.2. The second-order valence-electron chi connectivity index (χ2n) is 22.2. The van der Waals surface area contributed by atoms with Crippen molar-refractivity contribution < 1.29 is 4.18 Å². The highest BCUT2D eigenvalue weighted by atomic mass is 32.2. The van der Waals surface area contributed by atoms with Crippen LogP contribution in [0.25, 0.3) is 0 Å². The standard InChI is InChI=1S/C47H79N5OS/c1-27-18-36(19-28(2)41(27)43-33-8-5-14-46(26-48)15-7-17-50-47(43,46)24-33)32-11-13-38-37-12-10-31(22-39(37)53-54-40(38)23-32)35-20-29(3)42(30(4)21-35)45-44-34(25-51-52-45)9-6-16-49-44/h8,27-32,34-45,49-52H,5-7,9-26,48H2,1-4H3. The number of hydrogen-bond donors (Lipinski definition) is 5. The van der Waals surface area contributed by atoms with Crippen LogP contribution in [0.2, 0.25) is 0 Å². The van der Waals surface area contributed by atoms with Crippen LogP contribution < -0.4 is 27.2 Å². The van der Waals surface area contributed by atoms with E-state index in [4.69, 9.17) is 9.92 Å². The molecule has 16 atom stereocenters. The topological polar surface area (TPSA) is 83.4 Å². The molecule has 7 heteroatoms. The zero-order valence-electron chi connectivity index (χ0n) is 34.7. The highest BCUT2D eigenvalue weighted by molar-refractivity contribution is 7.95. The van der Waals surface area contributed by atoms with Gasteiger partial charge >= 0.3 is 0 Å². The molecular formula is C47H79N5OS. The lowest BCUT2D eigenvalue weighted by Crippen LogP contribution is -2.74. The van der Waals surface area contributed by atoms with Crippen LogP contribution in [-0.2, 0) is 4.18 Å². The Morgan fingerprint density at radius 1 is 0.741 bits per heavy atom. The molecule has 0 aromatic heterocycles. The van der Waals surface area contributed by atoms with Crippen molar-refractivity contribution in [3.05, 3.63) is 11.6 Å². The fourth-order valence-electron chi connectivity index (χ4n) is 17.5. The average molecular weight is 762 g/mol. The third-order valence-electron chi connectivity index (χ3n) is 19.8. The molecule has 4 saturated heterocycles. The summed E-state index contributed by atoms with van der Waals surface area (Å²) in [5, 5.41) is 8.92. The lowest BCUT2D eigenvalue weighted by Gasteiger charge is -2.67. The SMILES string of the molecule is CC1CC(C2CCC3C(C2)OSC2CC(C4CC(C)C(C5C6=CCCC7(CN)CCCNC57C6)C(C)C4)CCC23)CC(C)C1C1NNCC2CCCNC21. The molecule has 304 valence electrons. The van der Waals surface area contributed by atoms with Gasteiger partial charge in [0.1, 0.15) is 0 Å². The number of fused-ring (bicyclic) bond motifs is 5. The summed E-state index contributed by atoms with van der Waals surface area (Å²) in [6.07, 6.45) is 26.8. The number of hydrazine groups is 1. The van der Waals surface area contributed by atoms with Crippen molar-refractivity contribution in [3.63, 3.8) is 0 Å². The van der Waals surface area contributed by atoms with E-state index in [9.17, 15) is 0 Å². The first-order chi connectivity index (χ1) is 26.3. The van der Waals surface area contributed by atoms with E-state index in [-0.39, 0.29) is 5.54 Å². The lowest BCUT2D eigenvalue weighted by atomic mass is 9.43. The van der Waals surface area contributed by atoms with E-state index < -0.39 is 0 Å². The number of nitrogens with two attached hydrogens (primary N) is 1. The van der Waals surface area contributed by atoms with Gasteiger partial charge in [-0.05, 0) is 218 Å². The first kappa shape index (κ1) is 38.1. The highest BCUT2D eigenvalue weighted by Gasteiger charge is 2.66. The lowest BCUT2D eigenvalue weighted by molar-refractivity contribution is -0.0876. The predicted octanol–water partition coefficient (Wildman–Crippen LogP) is 8.48. The molecule has 9 fully saturated rings. The van der Waals surface area contributed by atoms with Crippen molar-refractivity contribution in [2.45, 2.75) is 166 Å². The number of allylic oxidation sites excluding steroid dienone is 1. The fraction of sp³-hybridized carbons (Fsp3) is 0.957. The summed E-state index contributed by atoms with van der Waals surface area (Å²) < 4.78 is 6.94. The first-order valence-corrected chi connectivity index (χ1v) is 24.8. The second kappa shape index (κ2) is 15.1. The van der Waals surface area contributed by atoms with Gasteiger partial charge in [-0.15, -0.1) is 0 Å². The molecule has 1 spiro atoms. The summed E-state index contributed by atoms with van der Waals surface area (Å²) in [4.78, 5) is 0. The summed E-state index contributed by atoms with van der Waals surface area (Å²) in [5.74, 6) is 11.6. The maximum atomic E-state index is 6.94. The van der Waals surface area contributed by atoms with Crippen LogP contribution in [0.1, 0.15) is 137 Å². The third kappa shape index (κ3) is 6.22. The van der Waals surface area contributed by atoms with Crippen molar-refractivity contribution in [3.8, 4) is 0 Å². The molecule has 4 heterocycles. The molecule has 0 aromatic rings. The summed E-state index contributed by atoms with van der Waals surface area (Å²) >= 11 is 1.98. The fourth-order valence-corrected chi connectivity index (χ4v) is 18.8. The Bertz CT molecular complexity index is 1350. The first-order valence-electron chi connectivity index (χ1n) is 24.0. The molecule has 10 rings (SSSR count).